The van der Waals surface area contributed by atoms with E-state index in [9.17, 15) is 60.0 Å². The Morgan fingerprint density at radius 1 is 0.800 bits per heavy atom. The molecule has 0 saturated carbocycles. The van der Waals surface area contributed by atoms with Crippen molar-refractivity contribution in [3.05, 3.63) is 35.4 Å². The van der Waals surface area contributed by atoms with Crippen LogP contribution in [0.3, 0.4) is 0 Å². The maximum atomic E-state index is 12.4. The van der Waals surface area contributed by atoms with Gasteiger partial charge in [0.05, 0.1) is 11.1 Å². The fraction of sp³-hybridized carbons (Fsp3) is 0.200. The second kappa shape index (κ2) is 9.14. The number of hydrogen-bond donors (Lipinski definition) is 8. The molecule has 35 heavy (non-hydrogen) atoms. The zero-order valence-electron chi connectivity index (χ0n) is 17.1. The van der Waals surface area contributed by atoms with Crippen LogP contribution in [0.2, 0.25) is 0 Å². The van der Waals surface area contributed by atoms with E-state index in [-0.39, 0.29) is 0 Å². The molecule has 1 aliphatic heterocycles. The Hall–Kier alpha value is -4.92. The van der Waals surface area contributed by atoms with E-state index in [0.29, 0.717) is 24.3 Å². The van der Waals surface area contributed by atoms with Crippen molar-refractivity contribution >= 4 is 23.9 Å². The molecule has 8 N–H and O–H groups in total. The number of aliphatic hydroxyl groups is 1. The minimum absolute atomic E-state index is 0.581. The monoisotopic (exact) mass is 496 g/mol. The first-order chi connectivity index (χ1) is 16.3. The maximum Gasteiger partial charge on any atom is 0.349 e. The standard InChI is InChI=1S/C20H16O15/c21-7-1-5(2-8(22)11(7)25)18(30)33-14-13(27)20(32)34-15(14)16(17(28)29)35-19(31)6-3-9(23)12(26)10(24)4-6/h1-4,13-16,21-27H,(H,28,29). The van der Waals surface area contributed by atoms with Gasteiger partial charge in [-0.15, -0.1) is 0 Å². The van der Waals surface area contributed by atoms with E-state index in [1.54, 1.807) is 0 Å². The lowest BCUT2D eigenvalue weighted by atomic mass is 10.0. The molecule has 15 heteroatoms. The summed E-state index contributed by atoms with van der Waals surface area (Å²) in [7, 11) is 0. The molecule has 3 rings (SSSR count). The third kappa shape index (κ3) is 4.74. The number of ether oxygens (including phenoxy) is 3. The second-order valence-corrected chi connectivity index (χ2v) is 7.11. The Morgan fingerprint density at radius 2 is 1.23 bits per heavy atom. The topological polar surface area (TPSA) is 258 Å². The number of carbonyl (C=O) groups is 4. The fourth-order valence-electron chi connectivity index (χ4n) is 3.03. The number of cyclic esters (lactones) is 1. The van der Waals surface area contributed by atoms with E-state index < -0.39 is 93.9 Å². The average Bonchev–Trinajstić information content (AvgIpc) is 3.06. The van der Waals surface area contributed by atoms with Gasteiger partial charge in [-0.25, -0.2) is 19.2 Å². The molecule has 0 bridgehead atoms. The van der Waals surface area contributed by atoms with Crippen LogP contribution in [0.25, 0.3) is 0 Å². The Kier molecular flexibility index (Phi) is 6.46. The quantitative estimate of drug-likeness (QED) is 0.136. The summed E-state index contributed by atoms with van der Waals surface area (Å²) in [6, 6.07) is 2.59. The van der Waals surface area contributed by atoms with Crippen LogP contribution in [0.15, 0.2) is 24.3 Å². The van der Waals surface area contributed by atoms with Crippen molar-refractivity contribution < 1.29 is 74.2 Å². The van der Waals surface area contributed by atoms with Gasteiger partial charge in [-0.1, -0.05) is 0 Å². The Balaban J connectivity index is 1.87. The zero-order valence-corrected chi connectivity index (χ0v) is 17.1. The molecule has 0 radical (unpaired) electrons. The van der Waals surface area contributed by atoms with Crippen LogP contribution < -0.4 is 0 Å². The number of phenolic OH excluding ortho intramolecular Hbond substituents is 6. The molecule has 0 aliphatic carbocycles. The maximum absolute atomic E-state index is 12.4. The van der Waals surface area contributed by atoms with Crippen molar-refractivity contribution in [3.8, 4) is 34.5 Å². The van der Waals surface area contributed by atoms with Gasteiger partial charge in [0, 0.05) is 0 Å². The first-order valence-corrected chi connectivity index (χ1v) is 9.35. The molecule has 2 aromatic carbocycles. The summed E-state index contributed by atoms with van der Waals surface area (Å²) in [6.07, 6.45) is -8.78. The van der Waals surface area contributed by atoms with Gasteiger partial charge in [0.1, 0.15) is 0 Å². The minimum Gasteiger partial charge on any atom is -0.504 e. The highest BCUT2D eigenvalue weighted by atomic mass is 16.6. The number of carboxylic acids is 1. The number of aliphatic carboxylic acids is 1. The van der Waals surface area contributed by atoms with Gasteiger partial charge in [-0.05, 0) is 24.3 Å². The lowest BCUT2D eigenvalue weighted by molar-refractivity contribution is -0.162. The summed E-state index contributed by atoms with van der Waals surface area (Å²) in [5.41, 5.74) is -1.21. The number of carbonyl (C=O) groups excluding carboxylic acids is 3. The first-order valence-electron chi connectivity index (χ1n) is 9.35. The summed E-state index contributed by atoms with van der Waals surface area (Å²) >= 11 is 0. The molecular formula is C20H16O15. The molecule has 4 atom stereocenters. The van der Waals surface area contributed by atoms with Gasteiger partial charge in [0.2, 0.25) is 6.10 Å². The molecule has 1 heterocycles. The van der Waals surface area contributed by atoms with Crippen LogP contribution in [-0.4, -0.2) is 89.1 Å². The highest BCUT2D eigenvalue weighted by Gasteiger charge is 2.54. The molecule has 0 spiro atoms. The molecule has 2 aromatic rings. The molecule has 0 aromatic heterocycles. The highest BCUT2D eigenvalue weighted by Crippen LogP contribution is 2.37. The molecular weight excluding hydrogens is 480 g/mol. The minimum atomic E-state index is -2.39. The van der Waals surface area contributed by atoms with Gasteiger partial charge < -0.3 is 55.1 Å². The van der Waals surface area contributed by atoms with E-state index in [0.717, 1.165) is 0 Å². The molecule has 0 amide bonds. The number of phenols is 6. The number of aliphatic hydroxyl groups excluding tert-OH is 1. The summed E-state index contributed by atoms with van der Waals surface area (Å²) in [5.74, 6) is -11.9. The zero-order chi connectivity index (χ0) is 26.2. The molecule has 1 fully saturated rings. The summed E-state index contributed by atoms with van der Waals surface area (Å²) in [4.78, 5) is 48.4. The van der Waals surface area contributed by atoms with E-state index in [2.05, 4.69) is 0 Å². The third-order valence-electron chi connectivity index (χ3n) is 4.76. The molecule has 15 nitrogen and oxygen atoms in total. The largest absolute Gasteiger partial charge is 0.504 e. The van der Waals surface area contributed by atoms with Gasteiger partial charge in [0.15, 0.2) is 52.8 Å². The Bertz CT molecular complexity index is 1170. The third-order valence-corrected chi connectivity index (χ3v) is 4.76. The fourth-order valence-corrected chi connectivity index (χ4v) is 3.03. The Labute approximate surface area is 193 Å². The van der Waals surface area contributed by atoms with Crippen molar-refractivity contribution in [3.63, 3.8) is 0 Å². The molecule has 1 aliphatic rings. The number of carboxylic acid groups (broad SMARTS) is 1. The summed E-state index contributed by atoms with van der Waals surface area (Å²) in [5, 5.41) is 76.3. The number of benzene rings is 2. The van der Waals surface area contributed by atoms with E-state index in [1.165, 1.54) is 0 Å². The van der Waals surface area contributed by atoms with Crippen molar-refractivity contribution in [1.82, 2.24) is 0 Å². The molecule has 186 valence electrons. The van der Waals surface area contributed by atoms with Crippen LogP contribution >= 0.6 is 0 Å². The van der Waals surface area contributed by atoms with E-state index >= 15 is 0 Å². The average molecular weight is 496 g/mol. The number of esters is 3. The summed E-state index contributed by atoms with van der Waals surface area (Å²) in [6.45, 7) is 0. The van der Waals surface area contributed by atoms with Crippen molar-refractivity contribution in [1.29, 1.82) is 0 Å². The van der Waals surface area contributed by atoms with E-state index in [1.807, 2.05) is 0 Å². The van der Waals surface area contributed by atoms with Crippen LogP contribution in [0.5, 0.6) is 34.5 Å². The number of aromatic hydroxyl groups is 6. The highest BCUT2D eigenvalue weighted by molar-refractivity contribution is 5.94. The van der Waals surface area contributed by atoms with Gasteiger partial charge in [-0.3, -0.25) is 0 Å². The summed E-state index contributed by atoms with van der Waals surface area (Å²) < 4.78 is 14.4. The normalized spacial score (nSPS) is 20.0. The van der Waals surface area contributed by atoms with Crippen LogP contribution in [0.1, 0.15) is 20.7 Å². The lowest BCUT2D eigenvalue weighted by Gasteiger charge is -2.24. The SMILES string of the molecule is O=C(OC(C(=O)O)C1OC(=O)C(O)C1OC(=O)c1cc(O)c(O)c(O)c1)c1cc(O)c(O)c(O)c1. The smallest absolute Gasteiger partial charge is 0.349 e. The van der Waals surface area contributed by atoms with Crippen molar-refractivity contribution in [2.45, 2.75) is 24.4 Å². The van der Waals surface area contributed by atoms with Gasteiger partial charge in [-0.2, -0.15) is 0 Å². The number of rotatable bonds is 6. The predicted octanol–water partition coefficient (Wildman–Crippen LogP) is -0.958. The van der Waals surface area contributed by atoms with Crippen LogP contribution in [0.4, 0.5) is 0 Å². The Morgan fingerprint density at radius 3 is 1.66 bits per heavy atom. The van der Waals surface area contributed by atoms with Gasteiger partial charge >= 0.3 is 23.9 Å². The second-order valence-electron chi connectivity index (χ2n) is 7.11. The van der Waals surface area contributed by atoms with Crippen LogP contribution in [0, 0.1) is 0 Å². The number of hydrogen-bond acceptors (Lipinski definition) is 14. The van der Waals surface area contributed by atoms with E-state index in [4.69, 9.17) is 14.2 Å². The predicted molar refractivity (Wildman–Crippen MR) is 105 cm³/mol. The molecule has 1 saturated heterocycles. The van der Waals surface area contributed by atoms with Crippen molar-refractivity contribution in [2.24, 2.45) is 0 Å². The van der Waals surface area contributed by atoms with Gasteiger partial charge in [0.25, 0.3) is 0 Å². The van der Waals surface area contributed by atoms with Crippen molar-refractivity contribution in [2.75, 3.05) is 0 Å². The lowest BCUT2D eigenvalue weighted by Crippen LogP contribution is -2.47. The van der Waals surface area contributed by atoms with Crippen LogP contribution in [-0.2, 0) is 23.8 Å². The first kappa shape index (κ1) is 24.7. The molecule has 4 unspecified atom stereocenters.